The first-order valence-corrected chi connectivity index (χ1v) is 6.34. The molecule has 2 heterocycles. The summed E-state index contributed by atoms with van der Waals surface area (Å²) in [4.78, 5) is 17.3. The second-order valence-corrected chi connectivity index (χ2v) is 5.84. The van der Waals surface area contributed by atoms with Crippen molar-refractivity contribution in [1.29, 1.82) is 0 Å². The summed E-state index contributed by atoms with van der Waals surface area (Å²) < 4.78 is 39.1. The number of amides is 1. The van der Waals surface area contributed by atoms with Gasteiger partial charge in [0.15, 0.2) is 5.69 Å². The third-order valence-corrected chi connectivity index (χ3v) is 3.30. The number of pyridine rings is 1. The van der Waals surface area contributed by atoms with Crippen molar-refractivity contribution >= 4 is 11.6 Å². The number of aromatic nitrogens is 2. The standard InChI is InChI=1S/C14H16F3N3O/c1-13(2,3)19(4)12(21)9-5-6-11-18-10(14(15,16)17)8-20(11)7-9/h5-8H,1-4H3. The van der Waals surface area contributed by atoms with Gasteiger partial charge >= 0.3 is 6.18 Å². The van der Waals surface area contributed by atoms with Crippen LogP contribution in [0.25, 0.3) is 5.65 Å². The van der Waals surface area contributed by atoms with E-state index in [-0.39, 0.29) is 17.1 Å². The smallest absolute Gasteiger partial charge is 0.337 e. The number of carbonyl (C=O) groups excluding carboxylic acids is 1. The van der Waals surface area contributed by atoms with Gasteiger partial charge in [-0.3, -0.25) is 4.79 Å². The van der Waals surface area contributed by atoms with Crippen molar-refractivity contribution in [3.63, 3.8) is 0 Å². The molecule has 0 saturated heterocycles. The van der Waals surface area contributed by atoms with E-state index in [9.17, 15) is 18.0 Å². The lowest BCUT2D eigenvalue weighted by Crippen LogP contribution is -2.42. The maximum Gasteiger partial charge on any atom is 0.434 e. The van der Waals surface area contributed by atoms with Gasteiger partial charge < -0.3 is 9.30 Å². The Kier molecular flexibility index (Phi) is 3.47. The summed E-state index contributed by atoms with van der Waals surface area (Å²) >= 11 is 0. The van der Waals surface area contributed by atoms with E-state index in [1.807, 2.05) is 20.8 Å². The second kappa shape index (κ2) is 4.75. The predicted octanol–water partition coefficient (Wildman–Crippen LogP) is 3.22. The van der Waals surface area contributed by atoms with Crippen LogP contribution in [-0.4, -0.2) is 32.8 Å². The summed E-state index contributed by atoms with van der Waals surface area (Å²) in [7, 11) is 1.65. The van der Waals surface area contributed by atoms with E-state index in [0.29, 0.717) is 5.56 Å². The molecule has 0 fully saturated rings. The first-order valence-electron chi connectivity index (χ1n) is 6.34. The highest BCUT2D eigenvalue weighted by Gasteiger charge is 2.34. The fourth-order valence-corrected chi connectivity index (χ4v) is 1.75. The van der Waals surface area contributed by atoms with Crippen molar-refractivity contribution in [2.45, 2.75) is 32.5 Å². The molecule has 0 bridgehead atoms. The number of nitrogens with zero attached hydrogens (tertiary/aromatic N) is 3. The molecule has 2 aromatic rings. The molecule has 0 unspecified atom stereocenters. The molecule has 0 aliphatic rings. The molecule has 0 aliphatic carbocycles. The first-order chi connectivity index (χ1) is 9.50. The molecular formula is C14H16F3N3O. The SMILES string of the molecule is CN(C(=O)c1ccc2nc(C(F)(F)F)cn2c1)C(C)(C)C. The highest BCUT2D eigenvalue weighted by molar-refractivity contribution is 5.94. The van der Waals surface area contributed by atoms with Crippen molar-refractivity contribution in [3.05, 3.63) is 35.8 Å². The molecule has 2 aromatic heterocycles. The lowest BCUT2D eigenvalue weighted by molar-refractivity contribution is -0.140. The van der Waals surface area contributed by atoms with Gasteiger partial charge in [-0.2, -0.15) is 13.2 Å². The molecule has 0 spiro atoms. The Balaban J connectivity index is 2.42. The summed E-state index contributed by atoms with van der Waals surface area (Å²) in [5, 5.41) is 0. The highest BCUT2D eigenvalue weighted by atomic mass is 19.4. The fraction of sp³-hybridized carbons (Fsp3) is 0.429. The van der Waals surface area contributed by atoms with Gasteiger partial charge in [0.25, 0.3) is 5.91 Å². The summed E-state index contributed by atoms with van der Waals surface area (Å²) in [5.41, 5.74) is -0.891. The molecule has 4 nitrogen and oxygen atoms in total. The number of halogens is 3. The zero-order valence-electron chi connectivity index (χ0n) is 12.2. The fourth-order valence-electron chi connectivity index (χ4n) is 1.75. The zero-order chi connectivity index (χ0) is 16.0. The largest absolute Gasteiger partial charge is 0.434 e. The van der Waals surface area contributed by atoms with Gasteiger partial charge in [0, 0.05) is 25.0 Å². The van der Waals surface area contributed by atoms with Crippen molar-refractivity contribution in [2.24, 2.45) is 0 Å². The summed E-state index contributed by atoms with van der Waals surface area (Å²) in [6.07, 6.45) is -2.26. The van der Waals surface area contributed by atoms with E-state index in [2.05, 4.69) is 4.98 Å². The molecule has 0 atom stereocenters. The van der Waals surface area contributed by atoms with Gasteiger partial charge in [-0.15, -0.1) is 0 Å². The molecule has 0 aliphatic heterocycles. The van der Waals surface area contributed by atoms with Crippen LogP contribution in [0, 0.1) is 0 Å². The predicted molar refractivity (Wildman–Crippen MR) is 72.0 cm³/mol. The molecule has 114 valence electrons. The monoisotopic (exact) mass is 299 g/mol. The van der Waals surface area contributed by atoms with Crippen molar-refractivity contribution in [3.8, 4) is 0 Å². The quantitative estimate of drug-likeness (QED) is 0.811. The third kappa shape index (κ3) is 3.01. The molecule has 21 heavy (non-hydrogen) atoms. The average Bonchev–Trinajstić information content (AvgIpc) is 2.78. The van der Waals surface area contributed by atoms with Gasteiger partial charge in [0.05, 0.1) is 5.56 Å². The molecule has 1 amide bonds. The Morgan fingerprint density at radius 2 is 1.81 bits per heavy atom. The van der Waals surface area contributed by atoms with E-state index in [4.69, 9.17) is 0 Å². The van der Waals surface area contributed by atoms with Crippen LogP contribution < -0.4 is 0 Å². The Morgan fingerprint density at radius 3 is 2.33 bits per heavy atom. The zero-order valence-corrected chi connectivity index (χ0v) is 12.2. The van der Waals surface area contributed by atoms with Crippen LogP contribution in [0.3, 0.4) is 0 Å². The van der Waals surface area contributed by atoms with Crippen molar-refractivity contribution < 1.29 is 18.0 Å². The lowest BCUT2D eigenvalue weighted by atomic mass is 10.1. The number of fused-ring (bicyclic) bond motifs is 1. The van der Waals surface area contributed by atoms with E-state index >= 15 is 0 Å². The van der Waals surface area contributed by atoms with Crippen LogP contribution in [0.4, 0.5) is 13.2 Å². The number of hydrogen-bond acceptors (Lipinski definition) is 2. The number of alkyl halides is 3. The Bertz CT molecular complexity index is 683. The van der Waals surface area contributed by atoms with Crippen LogP contribution in [0.5, 0.6) is 0 Å². The minimum absolute atomic E-state index is 0.150. The number of hydrogen-bond donors (Lipinski definition) is 0. The maximum atomic E-state index is 12.6. The number of carbonyl (C=O) groups is 1. The van der Waals surface area contributed by atoms with Crippen LogP contribution in [-0.2, 0) is 6.18 Å². The van der Waals surface area contributed by atoms with Crippen LogP contribution in [0.1, 0.15) is 36.8 Å². The van der Waals surface area contributed by atoms with Crippen LogP contribution in [0.15, 0.2) is 24.5 Å². The van der Waals surface area contributed by atoms with Gasteiger partial charge in [-0.25, -0.2) is 4.98 Å². The highest BCUT2D eigenvalue weighted by Crippen LogP contribution is 2.28. The van der Waals surface area contributed by atoms with Crippen molar-refractivity contribution in [1.82, 2.24) is 14.3 Å². The second-order valence-electron chi connectivity index (χ2n) is 5.84. The average molecular weight is 299 g/mol. The minimum atomic E-state index is -4.50. The van der Waals surface area contributed by atoms with Gasteiger partial charge in [0.2, 0.25) is 0 Å². The molecule has 0 radical (unpaired) electrons. The first kappa shape index (κ1) is 15.3. The van der Waals surface area contributed by atoms with Gasteiger partial charge in [-0.05, 0) is 32.9 Å². The maximum absolute atomic E-state index is 12.6. The summed E-state index contributed by atoms with van der Waals surface area (Å²) in [5.74, 6) is -0.258. The number of rotatable bonds is 1. The molecule has 0 N–H and O–H groups in total. The van der Waals surface area contributed by atoms with E-state index < -0.39 is 11.9 Å². The topological polar surface area (TPSA) is 37.6 Å². The van der Waals surface area contributed by atoms with Crippen LogP contribution >= 0.6 is 0 Å². The van der Waals surface area contributed by atoms with Gasteiger partial charge in [0.1, 0.15) is 5.65 Å². The molecule has 7 heteroatoms. The van der Waals surface area contributed by atoms with Crippen LogP contribution in [0.2, 0.25) is 0 Å². The Morgan fingerprint density at radius 1 is 1.19 bits per heavy atom. The Hall–Kier alpha value is -2.05. The van der Waals surface area contributed by atoms with E-state index in [1.165, 1.54) is 27.6 Å². The Labute approximate surface area is 120 Å². The molecule has 0 saturated carbocycles. The summed E-state index contributed by atoms with van der Waals surface area (Å²) in [6.45, 7) is 5.63. The normalized spacial score (nSPS) is 12.7. The minimum Gasteiger partial charge on any atom is -0.337 e. The molecular weight excluding hydrogens is 283 g/mol. The van der Waals surface area contributed by atoms with Gasteiger partial charge in [-0.1, -0.05) is 0 Å². The van der Waals surface area contributed by atoms with E-state index in [1.54, 1.807) is 7.05 Å². The number of imidazole rings is 1. The van der Waals surface area contributed by atoms with E-state index in [0.717, 1.165) is 6.20 Å². The lowest BCUT2D eigenvalue weighted by Gasteiger charge is -2.32. The third-order valence-electron chi connectivity index (χ3n) is 3.30. The molecule has 0 aromatic carbocycles. The van der Waals surface area contributed by atoms with Crippen molar-refractivity contribution in [2.75, 3.05) is 7.05 Å². The molecule has 2 rings (SSSR count). The summed E-state index contributed by atoms with van der Waals surface area (Å²) in [6, 6.07) is 2.88.